The van der Waals surface area contributed by atoms with Gasteiger partial charge in [-0.15, -0.1) is 0 Å². The summed E-state index contributed by atoms with van der Waals surface area (Å²) in [6, 6.07) is 15.3. The molecular formula is C14H13IO2. The zero-order chi connectivity index (χ0) is 12.3. The first kappa shape index (κ1) is 12.4. The Morgan fingerprint density at radius 2 is 1.88 bits per heavy atom. The van der Waals surface area contributed by atoms with E-state index in [0.717, 1.165) is 20.4 Å². The molecule has 2 aromatic rings. The van der Waals surface area contributed by atoms with Crippen LogP contribution in [0, 0.1) is 3.57 Å². The van der Waals surface area contributed by atoms with Crippen LogP contribution in [0.3, 0.4) is 0 Å². The molecule has 0 aromatic heterocycles. The summed E-state index contributed by atoms with van der Waals surface area (Å²) >= 11 is 2.23. The van der Waals surface area contributed by atoms with Crippen LogP contribution in [0.5, 0.6) is 5.75 Å². The molecule has 0 aliphatic carbocycles. The second-order valence-electron chi connectivity index (χ2n) is 3.70. The van der Waals surface area contributed by atoms with E-state index in [1.54, 1.807) is 7.11 Å². The third kappa shape index (κ3) is 2.79. The van der Waals surface area contributed by atoms with E-state index in [1.807, 2.05) is 48.5 Å². The van der Waals surface area contributed by atoms with Crippen molar-refractivity contribution >= 4 is 22.6 Å². The van der Waals surface area contributed by atoms with Crippen LogP contribution >= 0.6 is 22.6 Å². The Morgan fingerprint density at radius 3 is 2.59 bits per heavy atom. The number of hydrogen-bond acceptors (Lipinski definition) is 2. The number of aliphatic hydroxyl groups excluding tert-OH is 1. The molecule has 0 amide bonds. The molecule has 1 unspecified atom stereocenters. The lowest BCUT2D eigenvalue weighted by atomic mass is 10.0. The normalized spacial score (nSPS) is 12.2. The average molecular weight is 340 g/mol. The Bertz CT molecular complexity index is 511. The van der Waals surface area contributed by atoms with Gasteiger partial charge < -0.3 is 9.84 Å². The van der Waals surface area contributed by atoms with Gasteiger partial charge >= 0.3 is 0 Å². The summed E-state index contributed by atoms with van der Waals surface area (Å²) in [5.74, 6) is 0.757. The van der Waals surface area contributed by atoms with E-state index >= 15 is 0 Å². The topological polar surface area (TPSA) is 29.5 Å². The summed E-state index contributed by atoms with van der Waals surface area (Å²) in [7, 11) is 1.62. The second kappa shape index (κ2) is 5.51. The number of rotatable bonds is 3. The quantitative estimate of drug-likeness (QED) is 0.868. The van der Waals surface area contributed by atoms with E-state index in [0.29, 0.717) is 0 Å². The minimum atomic E-state index is -0.613. The first-order valence-electron chi connectivity index (χ1n) is 5.29. The molecule has 0 bridgehead atoms. The molecule has 1 atom stereocenters. The molecule has 2 rings (SSSR count). The van der Waals surface area contributed by atoms with Crippen molar-refractivity contribution in [1.29, 1.82) is 0 Å². The number of aliphatic hydroxyl groups is 1. The van der Waals surface area contributed by atoms with Crippen molar-refractivity contribution in [3.63, 3.8) is 0 Å². The molecule has 0 heterocycles. The summed E-state index contributed by atoms with van der Waals surface area (Å²) < 4.78 is 6.21. The number of methoxy groups -OCH3 is 1. The van der Waals surface area contributed by atoms with Gasteiger partial charge in [-0.3, -0.25) is 0 Å². The predicted molar refractivity (Wildman–Crippen MR) is 76.2 cm³/mol. The molecule has 0 radical (unpaired) electrons. The van der Waals surface area contributed by atoms with Crippen molar-refractivity contribution in [3.8, 4) is 5.75 Å². The van der Waals surface area contributed by atoms with Crippen molar-refractivity contribution in [2.75, 3.05) is 7.11 Å². The molecule has 0 saturated carbocycles. The number of halogens is 1. The molecule has 0 aliphatic heterocycles. The largest absolute Gasteiger partial charge is 0.497 e. The number of ether oxygens (including phenoxy) is 1. The highest BCUT2D eigenvalue weighted by Gasteiger charge is 2.13. The fourth-order valence-corrected chi connectivity index (χ4v) is 2.37. The Kier molecular flexibility index (Phi) is 4.02. The van der Waals surface area contributed by atoms with Gasteiger partial charge in [0.2, 0.25) is 0 Å². The van der Waals surface area contributed by atoms with Crippen LogP contribution in [0.25, 0.3) is 0 Å². The molecule has 17 heavy (non-hydrogen) atoms. The van der Waals surface area contributed by atoms with Crippen LogP contribution in [0.2, 0.25) is 0 Å². The zero-order valence-electron chi connectivity index (χ0n) is 9.43. The molecule has 2 nitrogen and oxygen atoms in total. The summed E-state index contributed by atoms with van der Waals surface area (Å²) in [6.07, 6.45) is -0.613. The summed E-state index contributed by atoms with van der Waals surface area (Å²) in [5.41, 5.74) is 1.76. The van der Waals surface area contributed by atoms with E-state index in [4.69, 9.17) is 4.74 Å². The van der Waals surface area contributed by atoms with E-state index in [-0.39, 0.29) is 0 Å². The van der Waals surface area contributed by atoms with E-state index in [9.17, 15) is 5.11 Å². The number of benzene rings is 2. The first-order valence-corrected chi connectivity index (χ1v) is 6.36. The van der Waals surface area contributed by atoms with Gasteiger partial charge in [-0.05, 0) is 51.9 Å². The average Bonchev–Trinajstić information content (AvgIpc) is 2.38. The maximum absolute atomic E-state index is 10.3. The summed E-state index contributed by atoms with van der Waals surface area (Å²) in [5, 5.41) is 10.3. The predicted octanol–water partition coefficient (Wildman–Crippen LogP) is 3.38. The Hall–Kier alpha value is -1.07. The van der Waals surface area contributed by atoms with Crippen LogP contribution in [0.15, 0.2) is 48.5 Å². The maximum atomic E-state index is 10.3. The molecule has 2 aromatic carbocycles. The lowest BCUT2D eigenvalue weighted by molar-refractivity contribution is 0.219. The molecule has 0 fully saturated rings. The van der Waals surface area contributed by atoms with E-state index in [1.165, 1.54) is 0 Å². The van der Waals surface area contributed by atoms with Crippen molar-refractivity contribution in [1.82, 2.24) is 0 Å². The van der Waals surface area contributed by atoms with Crippen molar-refractivity contribution in [2.24, 2.45) is 0 Å². The Balaban J connectivity index is 2.37. The van der Waals surface area contributed by atoms with Gasteiger partial charge in [0.05, 0.1) is 7.11 Å². The van der Waals surface area contributed by atoms with Crippen LogP contribution in [0.1, 0.15) is 17.2 Å². The molecule has 88 valence electrons. The third-order valence-electron chi connectivity index (χ3n) is 2.61. The maximum Gasteiger partial charge on any atom is 0.119 e. The standard InChI is InChI=1S/C14H13IO2/c1-17-11-6-4-5-10(9-11)14(16)12-7-2-3-8-13(12)15/h2-9,14,16H,1H3. The zero-order valence-corrected chi connectivity index (χ0v) is 11.6. The SMILES string of the molecule is COc1cccc(C(O)c2ccccc2I)c1. The highest BCUT2D eigenvalue weighted by atomic mass is 127. The van der Waals surface area contributed by atoms with Gasteiger partial charge in [-0.2, -0.15) is 0 Å². The summed E-state index contributed by atoms with van der Waals surface area (Å²) in [6.45, 7) is 0. The molecular weight excluding hydrogens is 327 g/mol. The monoisotopic (exact) mass is 340 g/mol. The lowest BCUT2D eigenvalue weighted by Crippen LogP contribution is -2.02. The molecule has 0 aliphatic rings. The Labute approximate surface area is 114 Å². The smallest absolute Gasteiger partial charge is 0.119 e. The third-order valence-corrected chi connectivity index (χ3v) is 3.59. The van der Waals surface area contributed by atoms with Crippen molar-refractivity contribution < 1.29 is 9.84 Å². The van der Waals surface area contributed by atoms with Gasteiger partial charge in [0.25, 0.3) is 0 Å². The van der Waals surface area contributed by atoms with E-state index < -0.39 is 6.10 Å². The first-order chi connectivity index (χ1) is 8.22. The van der Waals surface area contributed by atoms with Gasteiger partial charge in [0.1, 0.15) is 11.9 Å². The van der Waals surface area contributed by atoms with Crippen molar-refractivity contribution in [2.45, 2.75) is 6.10 Å². The van der Waals surface area contributed by atoms with Gasteiger partial charge in [0, 0.05) is 3.57 Å². The van der Waals surface area contributed by atoms with Gasteiger partial charge in [0.15, 0.2) is 0 Å². The fourth-order valence-electron chi connectivity index (χ4n) is 1.69. The minimum absolute atomic E-state index is 0.613. The van der Waals surface area contributed by atoms with Crippen molar-refractivity contribution in [3.05, 3.63) is 63.2 Å². The highest BCUT2D eigenvalue weighted by molar-refractivity contribution is 14.1. The van der Waals surface area contributed by atoms with Crippen LogP contribution in [-0.2, 0) is 0 Å². The lowest BCUT2D eigenvalue weighted by Gasteiger charge is -2.14. The minimum Gasteiger partial charge on any atom is -0.497 e. The number of hydrogen-bond donors (Lipinski definition) is 1. The van der Waals surface area contributed by atoms with Crippen LogP contribution < -0.4 is 4.74 Å². The summed E-state index contributed by atoms with van der Waals surface area (Å²) in [4.78, 5) is 0. The molecule has 3 heteroatoms. The Morgan fingerprint density at radius 1 is 1.12 bits per heavy atom. The van der Waals surface area contributed by atoms with Gasteiger partial charge in [-0.25, -0.2) is 0 Å². The van der Waals surface area contributed by atoms with Gasteiger partial charge in [-0.1, -0.05) is 30.3 Å². The molecule has 0 saturated heterocycles. The molecule has 1 N–H and O–H groups in total. The van der Waals surface area contributed by atoms with Crippen LogP contribution in [-0.4, -0.2) is 12.2 Å². The fraction of sp³-hybridized carbons (Fsp3) is 0.143. The second-order valence-corrected chi connectivity index (χ2v) is 4.86. The molecule has 0 spiro atoms. The highest BCUT2D eigenvalue weighted by Crippen LogP contribution is 2.27. The van der Waals surface area contributed by atoms with E-state index in [2.05, 4.69) is 22.6 Å². The van der Waals surface area contributed by atoms with Crippen LogP contribution in [0.4, 0.5) is 0 Å².